The molecule has 0 aromatic heterocycles. The zero-order chi connectivity index (χ0) is 17.0. The van der Waals surface area contributed by atoms with Crippen molar-refractivity contribution in [2.45, 2.75) is 25.8 Å². The highest BCUT2D eigenvalue weighted by Gasteiger charge is 2.43. The van der Waals surface area contributed by atoms with E-state index in [-0.39, 0.29) is 29.9 Å². The smallest absolute Gasteiger partial charge is 0.290 e. The maximum absolute atomic E-state index is 14.2. The molecule has 1 aromatic carbocycles. The number of benzene rings is 1. The molecule has 1 aliphatic heterocycles. The van der Waals surface area contributed by atoms with Crippen molar-refractivity contribution >= 4 is 11.7 Å². The van der Waals surface area contributed by atoms with E-state index in [0.717, 1.165) is 0 Å². The Balaban J connectivity index is 2.46. The van der Waals surface area contributed by atoms with Gasteiger partial charge in [-0.05, 0) is 12.5 Å². The van der Waals surface area contributed by atoms with Gasteiger partial charge in [-0.15, -0.1) is 0 Å². The van der Waals surface area contributed by atoms with Crippen LogP contribution in [0.3, 0.4) is 0 Å². The number of aliphatic hydroxyl groups is 1. The fraction of sp³-hybridized carbons (Fsp3) is 0.412. The van der Waals surface area contributed by atoms with E-state index in [2.05, 4.69) is 0 Å². The SMILES string of the molecule is CCC(=O)C1=C(O)C(=O)N(CCCOC)C1c1ccccc1F. The fourth-order valence-electron chi connectivity index (χ4n) is 2.76. The Morgan fingerprint density at radius 1 is 1.39 bits per heavy atom. The summed E-state index contributed by atoms with van der Waals surface area (Å²) in [7, 11) is 1.54. The molecule has 0 saturated carbocycles. The molecule has 1 heterocycles. The molecule has 0 spiro atoms. The summed E-state index contributed by atoms with van der Waals surface area (Å²) >= 11 is 0. The van der Waals surface area contributed by atoms with Crippen LogP contribution in [0.1, 0.15) is 31.4 Å². The number of rotatable bonds is 7. The maximum atomic E-state index is 14.2. The molecule has 1 amide bonds. The quantitative estimate of drug-likeness (QED) is 0.784. The van der Waals surface area contributed by atoms with Gasteiger partial charge in [-0.1, -0.05) is 25.1 Å². The second kappa shape index (κ2) is 7.37. The third kappa shape index (κ3) is 3.27. The molecule has 124 valence electrons. The molecule has 1 unspecified atom stereocenters. The lowest BCUT2D eigenvalue weighted by atomic mass is 9.94. The lowest BCUT2D eigenvalue weighted by Crippen LogP contribution is -2.33. The first-order valence-corrected chi connectivity index (χ1v) is 7.53. The van der Waals surface area contributed by atoms with Crippen LogP contribution in [0, 0.1) is 5.82 Å². The number of hydrogen-bond donors (Lipinski definition) is 1. The highest BCUT2D eigenvalue weighted by Crippen LogP contribution is 2.39. The van der Waals surface area contributed by atoms with E-state index in [0.29, 0.717) is 13.0 Å². The molecule has 1 atom stereocenters. The third-order valence-electron chi connectivity index (χ3n) is 3.87. The first kappa shape index (κ1) is 17.1. The van der Waals surface area contributed by atoms with Crippen LogP contribution >= 0.6 is 0 Å². The van der Waals surface area contributed by atoms with Crippen molar-refractivity contribution in [1.29, 1.82) is 0 Å². The Labute approximate surface area is 134 Å². The predicted octanol–water partition coefficient (Wildman–Crippen LogP) is 2.54. The standard InChI is InChI=1S/C17H20FNO4/c1-3-13(20)14-15(11-7-4-5-8-12(11)18)19(9-6-10-23-2)17(22)16(14)21/h4-5,7-8,15,21H,3,6,9-10H2,1-2H3. The van der Waals surface area contributed by atoms with Gasteiger partial charge in [-0.25, -0.2) is 4.39 Å². The van der Waals surface area contributed by atoms with Crippen molar-refractivity contribution < 1.29 is 23.8 Å². The van der Waals surface area contributed by atoms with Crippen LogP contribution in [0.15, 0.2) is 35.6 Å². The largest absolute Gasteiger partial charge is 0.503 e. The van der Waals surface area contributed by atoms with Crippen molar-refractivity contribution in [3.63, 3.8) is 0 Å². The first-order valence-electron chi connectivity index (χ1n) is 7.53. The minimum absolute atomic E-state index is 0.0278. The summed E-state index contributed by atoms with van der Waals surface area (Å²) in [6.07, 6.45) is 0.650. The molecule has 1 aliphatic rings. The molecular weight excluding hydrogens is 301 g/mol. The van der Waals surface area contributed by atoms with Gasteiger partial charge in [0.25, 0.3) is 5.91 Å². The predicted molar refractivity (Wildman–Crippen MR) is 82.3 cm³/mol. The van der Waals surface area contributed by atoms with Crippen molar-refractivity contribution in [1.82, 2.24) is 4.90 Å². The van der Waals surface area contributed by atoms with Gasteiger partial charge in [0, 0.05) is 32.2 Å². The Morgan fingerprint density at radius 2 is 2.09 bits per heavy atom. The van der Waals surface area contributed by atoms with Gasteiger partial charge in [-0.3, -0.25) is 9.59 Å². The first-order chi connectivity index (χ1) is 11.0. The number of carbonyl (C=O) groups excluding carboxylic acids is 2. The number of ether oxygens (including phenoxy) is 1. The summed E-state index contributed by atoms with van der Waals surface area (Å²) < 4.78 is 19.2. The molecule has 0 saturated heterocycles. The van der Waals surface area contributed by atoms with Gasteiger partial charge in [-0.2, -0.15) is 0 Å². The summed E-state index contributed by atoms with van der Waals surface area (Å²) in [4.78, 5) is 25.9. The number of Topliss-reactive ketones (excluding diaryl/α,β-unsaturated/α-hetero) is 1. The van der Waals surface area contributed by atoms with Crippen LogP contribution in [0.5, 0.6) is 0 Å². The van der Waals surface area contributed by atoms with Crippen LogP contribution in [-0.2, 0) is 14.3 Å². The summed E-state index contributed by atoms with van der Waals surface area (Å²) in [5.74, 6) is -2.11. The summed E-state index contributed by atoms with van der Waals surface area (Å²) in [6.45, 7) is 2.32. The van der Waals surface area contributed by atoms with Gasteiger partial charge in [0.15, 0.2) is 11.5 Å². The Hall–Kier alpha value is -2.21. The van der Waals surface area contributed by atoms with Gasteiger partial charge < -0.3 is 14.7 Å². The van der Waals surface area contributed by atoms with Crippen LogP contribution in [0.4, 0.5) is 4.39 Å². The maximum Gasteiger partial charge on any atom is 0.290 e. The summed E-state index contributed by atoms with van der Waals surface area (Å²) in [5.41, 5.74) is 0.180. The Bertz CT molecular complexity index is 641. The van der Waals surface area contributed by atoms with E-state index in [9.17, 15) is 19.1 Å². The molecule has 1 N–H and O–H groups in total. The third-order valence-corrected chi connectivity index (χ3v) is 3.87. The number of carbonyl (C=O) groups is 2. The van der Waals surface area contributed by atoms with Gasteiger partial charge in [0.2, 0.25) is 0 Å². The second-order valence-corrected chi connectivity index (χ2v) is 5.31. The monoisotopic (exact) mass is 321 g/mol. The van der Waals surface area contributed by atoms with E-state index in [4.69, 9.17) is 4.74 Å². The highest BCUT2D eigenvalue weighted by molar-refractivity contribution is 6.08. The van der Waals surface area contributed by atoms with Crippen LogP contribution < -0.4 is 0 Å². The minimum Gasteiger partial charge on any atom is -0.503 e. The summed E-state index contributed by atoms with van der Waals surface area (Å²) in [5, 5.41) is 10.1. The van der Waals surface area contributed by atoms with E-state index in [1.54, 1.807) is 20.1 Å². The zero-order valence-electron chi connectivity index (χ0n) is 13.2. The molecule has 0 aliphatic carbocycles. The molecular formula is C17H20FNO4. The highest BCUT2D eigenvalue weighted by atomic mass is 19.1. The number of nitrogens with zero attached hydrogens (tertiary/aromatic N) is 1. The number of aliphatic hydroxyl groups excluding tert-OH is 1. The average Bonchev–Trinajstić information content (AvgIpc) is 2.79. The fourth-order valence-corrected chi connectivity index (χ4v) is 2.76. The number of methoxy groups -OCH3 is 1. The molecule has 5 nitrogen and oxygen atoms in total. The van der Waals surface area contributed by atoms with E-state index < -0.39 is 23.5 Å². The van der Waals surface area contributed by atoms with Gasteiger partial charge >= 0.3 is 0 Å². The molecule has 2 rings (SSSR count). The molecule has 23 heavy (non-hydrogen) atoms. The number of amides is 1. The number of hydrogen-bond acceptors (Lipinski definition) is 4. The Kier molecular flexibility index (Phi) is 5.50. The molecule has 0 bridgehead atoms. The van der Waals surface area contributed by atoms with Crippen LogP contribution in [0.25, 0.3) is 0 Å². The van der Waals surface area contributed by atoms with Gasteiger partial charge in [0.1, 0.15) is 5.82 Å². The molecule has 0 radical (unpaired) electrons. The Morgan fingerprint density at radius 3 is 2.70 bits per heavy atom. The molecule has 0 fully saturated rings. The average molecular weight is 321 g/mol. The van der Waals surface area contributed by atoms with Crippen LogP contribution in [0.2, 0.25) is 0 Å². The van der Waals surface area contributed by atoms with Crippen molar-refractivity contribution in [2.75, 3.05) is 20.3 Å². The van der Waals surface area contributed by atoms with Crippen molar-refractivity contribution in [2.24, 2.45) is 0 Å². The van der Waals surface area contributed by atoms with E-state index in [1.807, 2.05) is 0 Å². The molecule has 6 heteroatoms. The summed E-state index contributed by atoms with van der Waals surface area (Å²) in [6, 6.07) is 5.08. The topological polar surface area (TPSA) is 66.8 Å². The van der Waals surface area contributed by atoms with Crippen LogP contribution in [-0.4, -0.2) is 42.0 Å². The van der Waals surface area contributed by atoms with E-state index in [1.165, 1.54) is 23.1 Å². The van der Waals surface area contributed by atoms with Crippen molar-refractivity contribution in [3.05, 3.63) is 47.0 Å². The zero-order valence-corrected chi connectivity index (χ0v) is 13.2. The number of halogens is 1. The minimum atomic E-state index is -0.895. The number of ketones is 1. The van der Waals surface area contributed by atoms with E-state index >= 15 is 0 Å². The molecule has 1 aromatic rings. The second-order valence-electron chi connectivity index (χ2n) is 5.31. The lowest BCUT2D eigenvalue weighted by molar-refractivity contribution is -0.129. The lowest BCUT2D eigenvalue weighted by Gasteiger charge is -2.27. The normalized spacial score (nSPS) is 18.0. The van der Waals surface area contributed by atoms with Gasteiger partial charge in [0.05, 0.1) is 11.6 Å². The van der Waals surface area contributed by atoms with Crippen molar-refractivity contribution in [3.8, 4) is 0 Å².